The van der Waals surface area contributed by atoms with Gasteiger partial charge >= 0.3 is 0 Å². The number of hydrogen-bond donors (Lipinski definition) is 0. The molecule has 1 aromatic carbocycles. The molecule has 1 saturated heterocycles. The average Bonchev–Trinajstić information content (AvgIpc) is 3.29. The number of anilines is 2. The van der Waals surface area contributed by atoms with Gasteiger partial charge in [0.15, 0.2) is 10.1 Å². The molecule has 0 N–H and O–H groups in total. The second kappa shape index (κ2) is 8.62. The van der Waals surface area contributed by atoms with Crippen molar-refractivity contribution in [2.45, 2.75) is 49.4 Å². The Morgan fingerprint density at radius 2 is 2.14 bits per heavy atom. The number of benzene rings is 1. The quantitative estimate of drug-likeness (QED) is 0.362. The van der Waals surface area contributed by atoms with Gasteiger partial charge in [-0.3, -0.25) is 19.3 Å². The Morgan fingerprint density at radius 3 is 2.83 bits per heavy atom. The van der Waals surface area contributed by atoms with E-state index in [1.54, 1.807) is 21.9 Å². The van der Waals surface area contributed by atoms with Crippen LogP contribution in [0.2, 0.25) is 0 Å². The molecule has 2 aliphatic rings. The lowest BCUT2D eigenvalue weighted by Crippen LogP contribution is -2.32. The molecule has 9 heteroatoms. The number of amides is 2. The fourth-order valence-electron chi connectivity index (χ4n) is 3.31. The van der Waals surface area contributed by atoms with E-state index in [-0.39, 0.29) is 29.4 Å². The van der Waals surface area contributed by atoms with Gasteiger partial charge in [-0.15, -0.1) is 10.2 Å². The Bertz CT molecular complexity index is 941. The number of ketones is 1. The first-order chi connectivity index (χ1) is 14.1. The Kier molecular flexibility index (Phi) is 5.96. The summed E-state index contributed by atoms with van der Waals surface area (Å²) in [6, 6.07) is 7.47. The summed E-state index contributed by atoms with van der Waals surface area (Å²) < 4.78 is 0.675. The second-order valence-electron chi connectivity index (χ2n) is 7.11. The topological polar surface area (TPSA) is 83.5 Å². The highest BCUT2D eigenvalue weighted by Gasteiger charge is 2.35. The normalized spacial score (nSPS) is 16.3. The molecule has 1 saturated carbocycles. The molecule has 2 aromatic rings. The zero-order valence-corrected chi connectivity index (χ0v) is 17.8. The molecule has 0 radical (unpaired) electrons. The molecule has 0 bridgehead atoms. The molecule has 1 aromatic heterocycles. The van der Waals surface area contributed by atoms with Crippen molar-refractivity contribution in [2.75, 3.05) is 22.1 Å². The number of thioether (sulfide) groups is 1. The third-order valence-corrected chi connectivity index (χ3v) is 7.02. The van der Waals surface area contributed by atoms with Crippen molar-refractivity contribution in [3.63, 3.8) is 0 Å². The summed E-state index contributed by atoms with van der Waals surface area (Å²) in [6.45, 7) is 2.55. The van der Waals surface area contributed by atoms with Crippen molar-refractivity contribution in [3.05, 3.63) is 29.8 Å². The lowest BCUT2D eigenvalue weighted by molar-refractivity contribution is -0.118. The van der Waals surface area contributed by atoms with Crippen LogP contribution in [0.3, 0.4) is 0 Å². The highest BCUT2D eigenvalue weighted by molar-refractivity contribution is 8.01. The highest BCUT2D eigenvalue weighted by Crippen LogP contribution is 2.36. The first-order valence-corrected chi connectivity index (χ1v) is 11.6. The van der Waals surface area contributed by atoms with Gasteiger partial charge < -0.3 is 4.90 Å². The zero-order chi connectivity index (χ0) is 20.4. The van der Waals surface area contributed by atoms with Gasteiger partial charge in [-0.25, -0.2) is 0 Å². The fourth-order valence-corrected chi connectivity index (χ4v) is 5.13. The monoisotopic (exact) mass is 430 g/mol. The molecule has 7 nitrogen and oxygen atoms in total. The minimum Gasteiger partial charge on any atom is -0.312 e. The number of Topliss-reactive ketones (excluding diaryl/α,β-unsaturated/α-hetero) is 1. The maximum Gasteiger partial charge on any atom is 0.228 e. The molecule has 1 aliphatic carbocycles. The van der Waals surface area contributed by atoms with Gasteiger partial charge in [-0.2, -0.15) is 0 Å². The van der Waals surface area contributed by atoms with Crippen LogP contribution in [0.25, 0.3) is 0 Å². The lowest BCUT2D eigenvalue weighted by Gasteiger charge is -2.17. The molecular formula is C20H22N4O3S2. The predicted molar refractivity (Wildman–Crippen MR) is 114 cm³/mol. The summed E-state index contributed by atoms with van der Waals surface area (Å²) in [4.78, 5) is 40.3. The summed E-state index contributed by atoms with van der Waals surface area (Å²) in [7, 11) is 0. The third-order valence-electron chi connectivity index (χ3n) is 4.97. The molecule has 152 valence electrons. The van der Waals surface area contributed by atoms with Crippen LogP contribution in [0.4, 0.5) is 10.8 Å². The third kappa shape index (κ3) is 4.51. The van der Waals surface area contributed by atoms with Crippen molar-refractivity contribution >= 4 is 51.5 Å². The van der Waals surface area contributed by atoms with E-state index in [1.807, 2.05) is 19.1 Å². The van der Waals surface area contributed by atoms with Gasteiger partial charge in [0.25, 0.3) is 0 Å². The molecule has 2 heterocycles. The standard InChI is InChI=1S/C20H22N4O3S2/c1-2-17(26)24(14-8-9-14)19-21-22-20(29-19)28-12-16(25)13-5-3-6-15(11-13)23-10-4-7-18(23)27/h3,5-6,11,14H,2,4,7-10,12H2,1H3. The fraction of sp³-hybridized carbons (Fsp3) is 0.450. The molecule has 29 heavy (non-hydrogen) atoms. The molecule has 2 amide bonds. The van der Waals surface area contributed by atoms with Crippen LogP contribution in [0, 0.1) is 0 Å². The number of aromatic nitrogens is 2. The van der Waals surface area contributed by atoms with Crippen molar-refractivity contribution in [1.82, 2.24) is 10.2 Å². The van der Waals surface area contributed by atoms with Gasteiger partial charge in [0.05, 0.1) is 5.75 Å². The first-order valence-electron chi connectivity index (χ1n) is 9.79. The Labute approximate surface area is 177 Å². The largest absolute Gasteiger partial charge is 0.312 e. The smallest absolute Gasteiger partial charge is 0.228 e. The second-order valence-corrected chi connectivity index (χ2v) is 9.29. The van der Waals surface area contributed by atoms with Crippen molar-refractivity contribution in [2.24, 2.45) is 0 Å². The minimum atomic E-state index is -0.0241. The summed E-state index contributed by atoms with van der Waals surface area (Å²) in [5.74, 6) is 0.373. The van der Waals surface area contributed by atoms with Gasteiger partial charge in [-0.1, -0.05) is 42.2 Å². The predicted octanol–water partition coefficient (Wildman–Crippen LogP) is 3.55. The number of carbonyl (C=O) groups excluding carboxylic acids is 3. The Balaban J connectivity index is 1.39. The van der Waals surface area contributed by atoms with Crippen LogP contribution in [0.1, 0.15) is 49.4 Å². The van der Waals surface area contributed by atoms with Crippen LogP contribution in [-0.4, -0.2) is 46.1 Å². The van der Waals surface area contributed by atoms with Crippen molar-refractivity contribution in [3.8, 4) is 0 Å². The summed E-state index contributed by atoms with van der Waals surface area (Å²) in [6.07, 6.45) is 3.85. The molecule has 0 atom stereocenters. The SMILES string of the molecule is CCC(=O)N(c1nnc(SCC(=O)c2cccc(N3CCCC3=O)c2)s1)C1CC1. The van der Waals surface area contributed by atoms with Crippen LogP contribution < -0.4 is 9.80 Å². The Hall–Kier alpha value is -2.26. The summed E-state index contributed by atoms with van der Waals surface area (Å²) in [5.41, 5.74) is 1.36. The molecule has 0 unspecified atom stereocenters. The number of rotatable bonds is 8. The highest BCUT2D eigenvalue weighted by atomic mass is 32.2. The maximum absolute atomic E-state index is 12.6. The van der Waals surface area contributed by atoms with E-state index in [1.165, 1.54) is 23.1 Å². The molecule has 4 rings (SSSR count). The molecular weight excluding hydrogens is 408 g/mol. The number of nitrogens with zero attached hydrogens (tertiary/aromatic N) is 4. The molecule has 2 fully saturated rings. The first kappa shape index (κ1) is 20.0. The van der Waals surface area contributed by atoms with Crippen molar-refractivity contribution in [1.29, 1.82) is 0 Å². The molecule has 0 spiro atoms. The zero-order valence-electron chi connectivity index (χ0n) is 16.2. The molecule has 1 aliphatic heterocycles. The van der Waals surface area contributed by atoms with Gasteiger partial charge in [0, 0.05) is 36.7 Å². The van der Waals surface area contributed by atoms with Crippen LogP contribution in [0.5, 0.6) is 0 Å². The summed E-state index contributed by atoms with van der Waals surface area (Å²) in [5, 5.41) is 8.94. The van der Waals surface area contributed by atoms with Gasteiger partial charge in [0.1, 0.15) is 0 Å². The van der Waals surface area contributed by atoms with E-state index in [2.05, 4.69) is 10.2 Å². The van der Waals surface area contributed by atoms with E-state index < -0.39 is 0 Å². The van der Waals surface area contributed by atoms with Crippen LogP contribution in [0.15, 0.2) is 28.6 Å². The van der Waals surface area contributed by atoms with E-state index in [0.717, 1.165) is 24.9 Å². The lowest BCUT2D eigenvalue weighted by atomic mass is 10.1. The number of hydrogen-bond acceptors (Lipinski definition) is 7. The van der Waals surface area contributed by atoms with Crippen LogP contribution >= 0.6 is 23.1 Å². The van der Waals surface area contributed by atoms with E-state index in [9.17, 15) is 14.4 Å². The van der Waals surface area contributed by atoms with E-state index in [4.69, 9.17) is 0 Å². The Morgan fingerprint density at radius 1 is 1.31 bits per heavy atom. The average molecular weight is 431 g/mol. The van der Waals surface area contributed by atoms with E-state index >= 15 is 0 Å². The number of carbonyl (C=O) groups is 3. The van der Waals surface area contributed by atoms with Gasteiger partial charge in [0.2, 0.25) is 16.9 Å². The van der Waals surface area contributed by atoms with Gasteiger partial charge in [-0.05, 0) is 31.4 Å². The minimum absolute atomic E-state index is 0.0241. The summed E-state index contributed by atoms with van der Waals surface area (Å²) >= 11 is 2.68. The van der Waals surface area contributed by atoms with Crippen LogP contribution in [-0.2, 0) is 9.59 Å². The maximum atomic E-state index is 12.6. The van der Waals surface area contributed by atoms with E-state index in [0.29, 0.717) is 34.4 Å². The van der Waals surface area contributed by atoms with Crippen molar-refractivity contribution < 1.29 is 14.4 Å².